The van der Waals surface area contributed by atoms with Gasteiger partial charge in [0.05, 0.1) is 5.69 Å². The average molecular weight is 297 g/mol. The molecule has 0 fully saturated rings. The Morgan fingerprint density at radius 2 is 2.14 bits per heavy atom. The van der Waals surface area contributed by atoms with E-state index in [1.54, 1.807) is 0 Å². The van der Waals surface area contributed by atoms with Crippen LogP contribution >= 0.6 is 0 Å². The summed E-state index contributed by atoms with van der Waals surface area (Å²) >= 11 is 0. The van der Waals surface area contributed by atoms with Crippen LogP contribution in [-0.4, -0.2) is 22.1 Å². The van der Waals surface area contributed by atoms with E-state index in [1.165, 1.54) is 30.7 Å². The third-order valence-corrected chi connectivity index (χ3v) is 4.67. The van der Waals surface area contributed by atoms with E-state index in [9.17, 15) is 0 Å². The molecule has 2 aromatic rings. The number of rotatable bonds is 6. The minimum absolute atomic E-state index is 0.548. The third kappa shape index (κ3) is 3.77. The molecule has 2 heterocycles. The van der Waals surface area contributed by atoms with Gasteiger partial charge in [-0.15, -0.1) is 0 Å². The molecule has 1 aromatic carbocycles. The monoisotopic (exact) mass is 297 g/mol. The smallest absolute Gasteiger partial charge is 0.113 e. The van der Waals surface area contributed by atoms with Crippen molar-refractivity contribution in [3.63, 3.8) is 0 Å². The predicted octanol–water partition coefficient (Wildman–Crippen LogP) is 3.68. The lowest BCUT2D eigenvalue weighted by Gasteiger charge is -2.25. The Labute approximate surface area is 133 Å². The van der Waals surface area contributed by atoms with Gasteiger partial charge in [-0.25, -0.2) is 4.98 Å². The van der Waals surface area contributed by atoms with Crippen molar-refractivity contribution in [3.05, 3.63) is 53.6 Å². The van der Waals surface area contributed by atoms with Gasteiger partial charge in [0, 0.05) is 31.2 Å². The molecule has 118 valence electrons. The topological polar surface area (TPSA) is 29.9 Å². The second-order valence-corrected chi connectivity index (χ2v) is 6.61. The number of nitrogens with zero attached hydrogens (tertiary/aromatic N) is 2. The van der Waals surface area contributed by atoms with E-state index < -0.39 is 0 Å². The molecule has 1 aromatic heterocycles. The quantitative estimate of drug-likeness (QED) is 0.881. The lowest BCUT2D eigenvalue weighted by Crippen LogP contribution is -2.33. The highest BCUT2D eigenvalue weighted by Gasteiger charge is 2.22. The summed E-state index contributed by atoms with van der Waals surface area (Å²) in [6, 6.07) is 11.3. The van der Waals surface area contributed by atoms with Crippen molar-refractivity contribution in [1.82, 2.24) is 14.9 Å². The first-order chi connectivity index (χ1) is 10.7. The zero-order valence-corrected chi connectivity index (χ0v) is 13.8. The molecule has 3 heteroatoms. The van der Waals surface area contributed by atoms with Crippen LogP contribution < -0.4 is 5.32 Å². The maximum absolute atomic E-state index is 4.73. The molecule has 3 rings (SSSR count). The van der Waals surface area contributed by atoms with Crippen LogP contribution in [0.15, 0.2) is 36.5 Å². The van der Waals surface area contributed by atoms with Crippen LogP contribution in [0.2, 0.25) is 0 Å². The highest BCUT2D eigenvalue weighted by Crippen LogP contribution is 2.26. The van der Waals surface area contributed by atoms with Gasteiger partial charge in [-0.05, 0) is 45.1 Å². The summed E-state index contributed by atoms with van der Waals surface area (Å²) in [6.45, 7) is 6.57. The number of nitrogens with one attached hydrogen (secondary N) is 1. The van der Waals surface area contributed by atoms with E-state index in [1.807, 2.05) is 0 Å². The molecule has 0 aliphatic carbocycles. The van der Waals surface area contributed by atoms with Gasteiger partial charge in [-0.2, -0.15) is 0 Å². The molecule has 2 atom stereocenters. The van der Waals surface area contributed by atoms with Crippen molar-refractivity contribution in [2.75, 3.05) is 6.54 Å². The predicted molar refractivity (Wildman–Crippen MR) is 91.2 cm³/mol. The Bertz CT molecular complexity index is 588. The number of benzene rings is 1. The van der Waals surface area contributed by atoms with Gasteiger partial charge in [-0.3, -0.25) is 0 Å². The zero-order valence-electron chi connectivity index (χ0n) is 13.8. The fourth-order valence-electron chi connectivity index (χ4n) is 3.37. The van der Waals surface area contributed by atoms with E-state index in [0.29, 0.717) is 12.0 Å². The van der Waals surface area contributed by atoms with E-state index in [4.69, 9.17) is 4.98 Å². The summed E-state index contributed by atoms with van der Waals surface area (Å²) in [4.78, 5) is 4.73. The van der Waals surface area contributed by atoms with E-state index >= 15 is 0 Å². The molecule has 0 spiro atoms. The molecule has 0 unspecified atom stereocenters. The van der Waals surface area contributed by atoms with E-state index in [2.05, 4.69) is 60.3 Å². The molecule has 0 radical (unpaired) electrons. The average Bonchev–Trinajstić information content (AvgIpc) is 2.92. The fourth-order valence-corrected chi connectivity index (χ4v) is 3.37. The Morgan fingerprint density at radius 1 is 1.32 bits per heavy atom. The summed E-state index contributed by atoms with van der Waals surface area (Å²) in [5.74, 6) is 1.85. The van der Waals surface area contributed by atoms with Gasteiger partial charge >= 0.3 is 0 Å². The minimum Gasteiger partial charge on any atom is -0.334 e. The van der Waals surface area contributed by atoms with Gasteiger partial charge < -0.3 is 9.88 Å². The molecule has 0 saturated heterocycles. The SMILES string of the molecule is Cc1cn2c(n1)[C@H](CN[C@H](C)CCc1ccccc1)CCC2. The maximum Gasteiger partial charge on any atom is 0.113 e. The first kappa shape index (κ1) is 15.3. The van der Waals surface area contributed by atoms with Crippen LogP contribution in [0.5, 0.6) is 0 Å². The Kier molecular flexibility index (Phi) is 4.94. The summed E-state index contributed by atoms with van der Waals surface area (Å²) < 4.78 is 2.35. The minimum atomic E-state index is 0.548. The van der Waals surface area contributed by atoms with Crippen LogP contribution in [0, 0.1) is 6.92 Å². The number of imidazole rings is 1. The van der Waals surface area contributed by atoms with Gasteiger partial charge in [0.2, 0.25) is 0 Å². The maximum atomic E-state index is 4.73. The van der Waals surface area contributed by atoms with Gasteiger partial charge in [0.1, 0.15) is 5.82 Å². The van der Waals surface area contributed by atoms with Crippen molar-refractivity contribution >= 4 is 0 Å². The molecule has 0 amide bonds. The second-order valence-electron chi connectivity index (χ2n) is 6.61. The Balaban J connectivity index is 1.48. The Hall–Kier alpha value is -1.61. The van der Waals surface area contributed by atoms with Crippen LogP contribution in [0.3, 0.4) is 0 Å². The molecule has 0 bridgehead atoms. The van der Waals surface area contributed by atoms with Crippen molar-refractivity contribution in [2.24, 2.45) is 0 Å². The summed E-state index contributed by atoms with van der Waals surface area (Å²) in [5.41, 5.74) is 2.58. The first-order valence-electron chi connectivity index (χ1n) is 8.53. The number of aryl methyl sites for hydroxylation is 3. The molecular formula is C19H27N3. The third-order valence-electron chi connectivity index (χ3n) is 4.67. The van der Waals surface area contributed by atoms with Crippen LogP contribution in [0.1, 0.15) is 49.2 Å². The highest BCUT2D eigenvalue weighted by atomic mass is 15.1. The van der Waals surface area contributed by atoms with Crippen LogP contribution in [0.25, 0.3) is 0 Å². The van der Waals surface area contributed by atoms with Gasteiger partial charge in [0.15, 0.2) is 0 Å². The molecule has 0 saturated carbocycles. The van der Waals surface area contributed by atoms with E-state index in [-0.39, 0.29) is 0 Å². The first-order valence-corrected chi connectivity index (χ1v) is 8.53. The molecule has 1 aliphatic rings. The number of hydrogen-bond acceptors (Lipinski definition) is 2. The fraction of sp³-hybridized carbons (Fsp3) is 0.526. The van der Waals surface area contributed by atoms with Crippen LogP contribution in [-0.2, 0) is 13.0 Å². The second kappa shape index (κ2) is 7.10. The summed E-state index contributed by atoms with van der Waals surface area (Å²) in [6.07, 6.45) is 7.06. The Morgan fingerprint density at radius 3 is 2.95 bits per heavy atom. The molecule has 22 heavy (non-hydrogen) atoms. The van der Waals surface area contributed by atoms with Crippen LogP contribution in [0.4, 0.5) is 0 Å². The molecule has 1 aliphatic heterocycles. The normalized spacial score (nSPS) is 18.9. The molecular weight excluding hydrogens is 270 g/mol. The molecule has 1 N–H and O–H groups in total. The van der Waals surface area contributed by atoms with Crippen molar-refractivity contribution in [3.8, 4) is 0 Å². The number of hydrogen-bond donors (Lipinski definition) is 1. The number of fused-ring (bicyclic) bond motifs is 1. The number of aromatic nitrogens is 2. The summed E-state index contributed by atoms with van der Waals surface area (Å²) in [7, 11) is 0. The lowest BCUT2D eigenvalue weighted by molar-refractivity contribution is 0.399. The summed E-state index contributed by atoms with van der Waals surface area (Å²) in [5, 5.41) is 3.72. The van der Waals surface area contributed by atoms with Crippen molar-refractivity contribution in [1.29, 1.82) is 0 Å². The largest absolute Gasteiger partial charge is 0.334 e. The van der Waals surface area contributed by atoms with E-state index in [0.717, 1.165) is 25.2 Å². The standard InChI is InChI=1S/C19H27N3/c1-15(10-11-17-7-4-3-5-8-17)20-13-18-9-6-12-22-14-16(2)21-19(18)22/h3-5,7-8,14-15,18,20H,6,9-13H2,1-2H3/t15-,18+/m1/s1. The van der Waals surface area contributed by atoms with Crippen molar-refractivity contribution in [2.45, 2.75) is 58.0 Å². The lowest BCUT2D eigenvalue weighted by atomic mass is 9.98. The molecule has 3 nitrogen and oxygen atoms in total. The van der Waals surface area contributed by atoms with Gasteiger partial charge in [0.25, 0.3) is 0 Å². The zero-order chi connectivity index (χ0) is 15.4. The van der Waals surface area contributed by atoms with Crippen molar-refractivity contribution < 1.29 is 0 Å². The highest BCUT2D eigenvalue weighted by molar-refractivity contribution is 5.15. The van der Waals surface area contributed by atoms with Gasteiger partial charge in [-0.1, -0.05) is 30.3 Å².